The molecule has 1 aliphatic rings. The molecule has 0 bridgehead atoms. The summed E-state index contributed by atoms with van der Waals surface area (Å²) in [4.78, 5) is 11.7. The number of nitrogens with one attached hydrogen (secondary N) is 1. The van der Waals surface area contributed by atoms with Crippen LogP contribution in [-0.4, -0.2) is 10.2 Å². The number of alkyl halides is 3. The van der Waals surface area contributed by atoms with Crippen molar-refractivity contribution in [2.75, 3.05) is 0 Å². The highest BCUT2D eigenvalue weighted by Gasteiger charge is 2.30. The lowest BCUT2D eigenvalue weighted by Gasteiger charge is -2.06. The molecule has 0 unspecified atom stereocenters. The molecule has 7 heteroatoms. The first-order chi connectivity index (χ1) is 8.36. The quantitative estimate of drug-likeness (QED) is 0.636. The number of benzene rings is 1. The molecule has 0 saturated carbocycles. The Kier molecular flexibility index (Phi) is 3.45. The average Bonchev–Trinajstić information content (AvgIpc) is 2.56. The number of thioether (sulfide) groups is 1. The number of carbonyl (C=O) groups is 1. The highest BCUT2D eigenvalue weighted by molar-refractivity contribution is 8.26. The topological polar surface area (TPSA) is 29.1 Å². The smallest absolute Gasteiger partial charge is 0.307 e. The van der Waals surface area contributed by atoms with Gasteiger partial charge in [-0.2, -0.15) is 13.2 Å². The molecule has 0 aliphatic carbocycles. The summed E-state index contributed by atoms with van der Waals surface area (Å²) in [6, 6.07) is 4.76. The van der Waals surface area contributed by atoms with Gasteiger partial charge in [0.25, 0.3) is 5.91 Å². The van der Waals surface area contributed by atoms with E-state index in [9.17, 15) is 18.0 Å². The number of carbonyl (C=O) groups excluding carboxylic acids is 1. The van der Waals surface area contributed by atoms with Crippen LogP contribution in [0, 0.1) is 0 Å². The predicted octanol–water partition coefficient (Wildman–Crippen LogP) is 3.19. The van der Waals surface area contributed by atoms with E-state index in [-0.39, 0.29) is 5.91 Å². The highest BCUT2D eigenvalue weighted by atomic mass is 32.2. The summed E-state index contributed by atoms with van der Waals surface area (Å²) >= 11 is 5.82. The normalized spacial score (nSPS) is 18.3. The Hall–Kier alpha value is -1.34. The first kappa shape index (κ1) is 13.1. The van der Waals surface area contributed by atoms with Crippen LogP contribution in [0.3, 0.4) is 0 Å². The third-order valence-corrected chi connectivity index (χ3v) is 3.32. The summed E-state index contributed by atoms with van der Waals surface area (Å²) in [5.41, 5.74) is -0.435. The second-order valence-electron chi connectivity index (χ2n) is 3.48. The largest absolute Gasteiger partial charge is 0.416 e. The molecule has 2 rings (SSSR count). The van der Waals surface area contributed by atoms with E-state index in [0.717, 1.165) is 23.9 Å². The molecule has 1 aromatic rings. The molecule has 0 radical (unpaired) electrons. The van der Waals surface area contributed by atoms with Crippen LogP contribution in [0.2, 0.25) is 0 Å². The maximum atomic E-state index is 12.5. The molecule has 0 spiro atoms. The van der Waals surface area contributed by atoms with Gasteiger partial charge >= 0.3 is 6.18 Å². The monoisotopic (exact) mass is 289 g/mol. The Morgan fingerprint density at radius 3 is 2.61 bits per heavy atom. The molecular weight excluding hydrogens is 283 g/mol. The number of rotatable bonds is 1. The Morgan fingerprint density at radius 2 is 2.06 bits per heavy atom. The number of halogens is 3. The van der Waals surface area contributed by atoms with E-state index >= 15 is 0 Å². The zero-order valence-electron chi connectivity index (χ0n) is 8.75. The minimum absolute atomic E-state index is 0.291. The third-order valence-electron chi connectivity index (χ3n) is 2.15. The molecule has 1 aromatic carbocycles. The second kappa shape index (κ2) is 4.74. The molecule has 0 atom stereocenters. The van der Waals surface area contributed by atoms with Crippen molar-refractivity contribution in [2.45, 2.75) is 6.18 Å². The van der Waals surface area contributed by atoms with Crippen molar-refractivity contribution in [1.29, 1.82) is 0 Å². The fourth-order valence-corrected chi connectivity index (χ4v) is 2.42. The van der Waals surface area contributed by atoms with Gasteiger partial charge in [0.2, 0.25) is 0 Å². The van der Waals surface area contributed by atoms with Gasteiger partial charge in [0.05, 0.1) is 10.5 Å². The Balaban J connectivity index is 2.33. The Morgan fingerprint density at radius 1 is 1.33 bits per heavy atom. The van der Waals surface area contributed by atoms with Crippen LogP contribution in [0.25, 0.3) is 6.08 Å². The van der Waals surface area contributed by atoms with Gasteiger partial charge in [-0.1, -0.05) is 36.1 Å². The van der Waals surface area contributed by atoms with Crippen LogP contribution in [0.15, 0.2) is 29.2 Å². The van der Waals surface area contributed by atoms with Crippen LogP contribution in [0.1, 0.15) is 11.1 Å². The molecule has 1 heterocycles. The van der Waals surface area contributed by atoms with Gasteiger partial charge in [-0.05, 0) is 23.8 Å². The zero-order chi connectivity index (χ0) is 13.3. The molecule has 2 nitrogen and oxygen atoms in total. The van der Waals surface area contributed by atoms with Gasteiger partial charge in [0, 0.05) is 0 Å². The van der Waals surface area contributed by atoms with E-state index in [1.54, 1.807) is 0 Å². The van der Waals surface area contributed by atoms with Crippen molar-refractivity contribution >= 4 is 40.3 Å². The fourth-order valence-electron chi connectivity index (χ4n) is 1.38. The summed E-state index contributed by atoms with van der Waals surface area (Å²) in [6.07, 6.45) is -3.01. The van der Waals surface area contributed by atoms with E-state index in [2.05, 4.69) is 5.32 Å². The van der Waals surface area contributed by atoms with Crippen molar-refractivity contribution in [3.8, 4) is 0 Å². The van der Waals surface area contributed by atoms with Crippen molar-refractivity contribution in [2.24, 2.45) is 0 Å². The van der Waals surface area contributed by atoms with Gasteiger partial charge in [0.15, 0.2) is 0 Å². The first-order valence-electron chi connectivity index (χ1n) is 4.78. The van der Waals surface area contributed by atoms with Gasteiger partial charge in [-0.3, -0.25) is 4.79 Å². The molecule has 1 N–H and O–H groups in total. The van der Waals surface area contributed by atoms with Gasteiger partial charge in [-0.15, -0.1) is 0 Å². The maximum absolute atomic E-state index is 12.5. The second-order valence-corrected chi connectivity index (χ2v) is 5.19. The average molecular weight is 289 g/mol. The lowest BCUT2D eigenvalue weighted by Crippen LogP contribution is -2.17. The summed E-state index contributed by atoms with van der Waals surface area (Å²) in [5.74, 6) is -0.387. The van der Waals surface area contributed by atoms with Crippen LogP contribution < -0.4 is 5.32 Å². The molecule has 1 aliphatic heterocycles. The summed E-state index contributed by atoms with van der Waals surface area (Å²) in [7, 11) is 0. The van der Waals surface area contributed by atoms with Gasteiger partial charge in [0.1, 0.15) is 4.32 Å². The number of hydrogen-bond acceptors (Lipinski definition) is 3. The van der Waals surface area contributed by atoms with E-state index in [0.29, 0.717) is 14.8 Å². The standard InChI is InChI=1S/C11H6F3NOS2/c12-11(13,14)7-3-1-2-6(4-7)5-8-9(16)15-10(17)18-8/h1-5H,(H,15,16,17)/b8-5-. The third kappa shape index (κ3) is 2.91. The molecule has 1 amide bonds. The number of amides is 1. The molecule has 18 heavy (non-hydrogen) atoms. The minimum Gasteiger partial charge on any atom is -0.307 e. The van der Waals surface area contributed by atoms with E-state index in [1.807, 2.05) is 0 Å². The lowest BCUT2D eigenvalue weighted by atomic mass is 10.1. The zero-order valence-corrected chi connectivity index (χ0v) is 10.4. The van der Waals surface area contributed by atoms with Crippen molar-refractivity contribution < 1.29 is 18.0 Å². The van der Waals surface area contributed by atoms with Crippen molar-refractivity contribution in [3.63, 3.8) is 0 Å². The summed E-state index contributed by atoms with van der Waals surface area (Å²) < 4.78 is 37.8. The SMILES string of the molecule is O=C1NC(=S)S/C1=C\c1cccc(C(F)(F)F)c1. The number of thiocarbonyl (C=S) groups is 1. The van der Waals surface area contributed by atoms with Crippen molar-refractivity contribution in [3.05, 3.63) is 40.3 Å². The number of hydrogen-bond donors (Lipinski definition) is 1. The van der Waals surface area contributed by atoms with Crippen LogP contribution in [0.4, 0.5) is 13.2 Å². The Bertz CT molecular complexity index is 551. The maximum Gasteiger partial charge on any atom is 0.416 e. The fraction of sp³-hybridized carbons (Fsp3) is 0.0909. The van der Waals surface area contributed by atoms with E-state index in [4.69, 9.17) is 12.2 Å². The van der Waals surface area contributed by atoms with Crippen LogP contribution in [0.5, 0.6) is 0 Å². The summed E-state index contributed by atoms with van der Waals surface area (Å²) in [5, 5.41) is 2.40. The van der Waals surface area contributed by atoms with Crippen LogP contribution in [-0.2, 0) is 11.0 Å². The predicted molar refractivity (Wildman–Crippen MR) is 67.8 cm³/mol. The molecule has 0 aromatic heterocycles. The summed E-state index contributed by atoms with van der Waals surface area (Å²) in [6.45, 7) is 0. The first-order valence-corrected chi connectivity index (χ1v) is 6.01. The van der Waals surface area contributed by atoms with Crippen LogP contribution >= 0.6 is 24.0 Å². The van der Waals surface area contributed by atoms with E-state index < -0.39 is 11.7 Å². The minimum atomic E-state index is -4.39. The Labute approximate surface area is 110 Å². The van der Waals surface area contributed by atoms with Crippen molar-refractivity contribution in [1.82, 2.24) is 5.32 Å². The molecular formula is C11H6F3NOS2. The molecule has 1 saturated heterocycles. The molecule has 94 valence electrons. The lowest BCUT2D eigenvalue weighted by molar-refractivity contribution is -0.137. The highest BCUT2D eigenvalue weighted by Crippen LogP contribution is 2.31. The van der Waals surface area contributed by atoms with Gasteiger partial charge in [-0.25, -0.2) is 0 Å². The van der Waals surface area contributed by atoms with Gasteiger partial charge < -0.3 is 5.32 Å². The molecule has 1 fully saturated rings. The van der Waals surface area contributed by atoms with E-state index in [1.165, 1.54) is 18.2 Å².